The molecule has 1 atom stereocenters. The Morgan fingerprint density at radius 2 is 2.20 bits per heavy atom. The molecule has 0 saturated heterocycles. The van der Waals surface area contributed by atoms with Crippen molar-refractivity contribution in [1.82, 2.24) is 9.97 Å². The van der Waals surface area contributed by atoms with E-state index in [-0.39, 0.29) is 0 Å². The number of nitrogens with one attached hydrogen (secondary N) is 1. The van der Waals surface area contributed by atoms with Crippen LogP contribution in [0.25, 0.3) is 0 Å². The SMILES string of the molecule is CC1(C)CCC(Nc2cnc(Br)cn2)C1. The van der Waals surface area contributed by atoms with Gasteiger partial charge in [-0.15, -0.1) is 0 Å². The van der Waals surface area contributed by atoms with Gasteiger partial charge in [0, 0.05) is 6.04 Å². The molecule has 4 heteroatoms. The maximum absolute atomic E-state index is 4.27. The average Bonchev–Trinajstić information content (AvgIpc) is 2.50. The Kier molecular flexibility index (Phi) is 2.96. The minimum Gasteiger partial charge on any atom is -0.366 e. The van der Waals surface area contributed by atoms with E-state index in [0.717, 1.165) is 10.4 Å². The molecular weight excluding hydrogens is 254 g/mol. The molecule has 0 radical (unpaired) electrons. The van der Waals surface area contributed by atoms with Crippen molar-refractivity contribution in [3.05, 3.63) is 17.0 Å². The van der Waals surface area contributed by atoms with Gasteiger partial charge in [-0.25, -0.2) is 9.97 Å². The Balaban J connectivity index is 1.96. The highest BCUT2D eigenvalue weighted by atomic mass is 79.9. The van der Waals surface area contributed by atoms with Crippen LogP contribution in [0.3, 0.4) is 0 Å². The van der Waals surface area contributed by atoms with Gasteiger partial charge >= 0.3 is 0 Å². The maximum atomic E-state index is 4.27. The molecule has 2 rings (SSSR count). The molecule has 1 aromatic heterocycles. The first-order chi connectivity index (χ1) is 7.05. The predicted molar refractivity (Wildman–Crippen MR) is 64.8 cm³/mol. The summed E-state index contributed by atoms with van der Waals surface area (Å²) in [4.78, 5) is 8.42. The Bertz CT molecular complexity index is 334. The first-order valence-electron chi connectivity index (χ1n) is 5.29. The summed E-state index contributed by atoms with van der Waals surface area (Å²) in [6, 6.07) is 0.551. The lowest BCUT2D eigenvalue weighted by Crippen LogP contribution is -2.18. The van der Waals surface area contributed by atoms with E-state index in [1.54, 1.807) is 12.4 Å². The Morgan fingerprint density at radius 3 is 2.73 bits per heavy atom. The number of anilines is 1. The van der Waals surface area contributed by atoms with Crippen molar-refractivity contribution in [3.8, 4) is 0 Å². The molecule has 0 aliphatic heterocycles. The molecule has 1 aromatic rings. The molecular formula is C11H16BrN3. The monoisotopic (exact) mass is 269 g/mol. The van der Waals surface area contributed by atoms with Crippen molar-refractivity contribution in [2.24, 2.45) is 5.41 Å². The van der Waals surface area contributed by atoms with Gasteiger partial charge in [0.1, 0.15) is 10.4 Å². The van der Waals surface area contributed by atoms with E-state index < -0.39 is 0 Å². The van der Waals surface area contributed by atoms with E-state index in [4.69, 9.17) is 0 Å². The highest BCUT2D eigenvalue weighted by Crippen LogP contribution is 2.37. The molecule has 1 aliphatic rings. The highest BCUT2D eigenvalue weighted by Gasteiger charge is 2.30. The van der Waals surface area contributed by atoms with Crippen LogP contribution in [0.2, 0.25) is 0 Å². The minimum atomic E-state index is 0.473. The molecule has 0 amide bonds. The summed E-state index contributed by atoms with van der Waals surface area (Å²) >= 11 is 3.27. The van der Waals surface area contributed by atoms with Crippen molar-refractivity contribution in [1.29, 1.82) is 0 Å². The molecule has 1 unspecified atom stereocenters. The second kappa shape index (κ2) is 4.08. The molecule has 82 valence electrons. The van der Waals surface area contributed by atoms with Crippen molar-refractivity contribution in [2.75, 3.05) is 5.32 Å². The molecule has 0 aromatic carbocycles. The third-order valence-corrected chi connectivity index (χ3v) is 3.35. The molecule has 1 N–H and O–H groups in total. The standard InChI is InChI=1S/C11H16BrN3/c1-11(2)4-3-8(5-11)15-10-7-13-9(12)6-14-10/h6-8H,3-5H2,1-2H3,(H,14,15). The lowest BCUT2D eigenvalue weighted by molar-refractivity contribution is 0.378. The van der Waals surface area contributed by atoms with Gasteiger partial charge in [0.2, 0.25) is 0 Å². The van der Waals surface area contributed by atoms with Crippen LogP contribution < -0.4 is 5.32 Å². The van der Waals surface area contributed by atoms with Gasteiger partial charge in [0.25, 0.3) is 0 Å². The topological polar surface area (TPSA) is 37.8 Å². The fourth-order valence-corrected chi connectivity index (χ4v) is 2.36. The fourth-order valence-electron chi connectivity index (χ4n) is 2.16. The Hall–Kier alpha value is -0.640. The first kappa shape index (κ1) is 10.9. The van der Waals surface area contributed by atoms with E-state index in [1.807, 2.05) is 0 Å². The number of hydrogen-bond donors (Lipinski definition) is 1. The van der Waals surface area contributed by atoms with E-state index in [0.29, 0.717) is 11.5 Å². The van der Waals surface area contributed by atoms with Gasteiger partial charge in [0.05, 0.1) is 12.4 Å². The normalized spacial score (nSPS) is 24.1. The van der Waals surface area contributed by atoms with Crippen LogP contribution in [0.1, 0.15) is 33.1 Å². The lowest BCUT2D eigenvalue weighted by atomic mass is 9.92. The van der Waals surface area contributed by atoms with E-state index in [9.17, 15) is 0 Å². The van der Waals surface area contributed by atoms with Gasteiger partial charge in [-0.2, -0.15) is 0 Å². The molecule has 1 heterocycles. The number of halogens is 1. The summed E-state index contributed by atoms with van der Waals surface area (Å²) in [5.41, 5.74) is 0.473. The maximum Gasteiger partial charge on any atom is 0.144 e. The van der Waals surface area contributed by atoms with Crippen LogP contribution in [0, 0.1) is 5.41 Å². The van der Waals surface area contributed by atoms with Crippen molar-refractivity contribution >= 4 is 21.7 Å². The molecule has 0 spiro atoms. The van der Waals surface area contributed by atoms with Gasteiger partial charge in [-0.05, 0) is 40.6 Å². The Morgan fingerprint density at radius 1 is 1.40 bits per heavy atom. The number of nitrogens with zero attached hydrogens (tertiary/aromatic N) is 2. The van der Waals surface area contributed by atoms with Gasteiger partial charge in [-0.3, -0.25) is 0 Å². The second-order valence-electron chi connectivity index (χ2n) is 4.97. The molecule has 3 nitrogen and oxygen atoms in total. The summed E-state index contributed by atoms with van der Waals surface area (Å²) in [5, 5.41) is 3.43. The largest absolute Gasteiger partial charge is 0.366 e. The number of rotatable bonds is 2. The summed E-state index contributed by atoms with van der Waals surface area (Å²) < 4.78 is 0.778. The summed E-state index contributed by atoms with van der Waals surface area (Å²) in [5.74, 6) is 0.876. The first-order valence-corrected chi connectivity index (χ1v) is 6.09. The van der Waals surface area contributed by atoms with Crippen LogP contribution in [-0.4, -0.2) is 16.0 Å². The van der Waals surface area contributed by atoms with Gasteiger partial charge < -0.3 is 5.32 Å². The Labute approximate surface area is 98.8 Å². The zero-order valence-electron chi connectivity index (χ0n) is 9.13. The average molecular weight is 270 g/mol. The van der Waals surface area contributed by atoms with Crippen LogP contribution in [0.15, 0.2) is 17.0 Å². The third-order valence-electron chi connectivity index (χ3n) is 2.94. The summed E-state index contributed by atoms with van der Waals surface area (Å²) in [6.07, 6.45) is 7.22. The van der Waals surface area contributed by atoms with Gasteiger partial charge in [-0.1, -0.05) is 13.8 Å². The van der Waals surface area contributed by atoms with Crippen molar-refractivity contribution < 1.29 is 0 Å². The smallest absolute Gasteiger partial charge is 0.144 e. The predicted octanol–water partition coefficient (Wildman–Crippen LogP) is 3.23. The van der Waals surface area contributed by atoms with E-state index in [2.05, 4.69) is 45.1 Å². The van der Waals surface area contributed by atoms with Crippen LogP contribution in [0.4, 0.5) is 5.82 Å². The lowest BCUT2D eigenvalue weighted by Gasteiger charge is -2.17. The van der Waals surface area contributed by atoms with Crippen molar-refractivity contribution in [2.45, 2.75) is 39.2 Å². The molecule has 1 aliphatic carbocycles. The van der Waals surface area contributed by atoms with Crippen LogP contribution in [-0.2, 0) is 0 Å². The van der Waals surface area contributed by atoms with Gasteiger partial charge in [0.15, 0.2) is 0 Å². The zero-order valence-corrected chi connectivity index (χ0v) is 10.7. The summed E-state index contributed by atoms with van der Waals surface area (Å²) in [6.45, 7) is 4.64. The molecule has 1 fully saturated rings. The highest BCUT2D eigenvalue weighted by molar-refractivity contribution is 9.10. The third kappa shape index (κ3) is 2.91. The summed E-state index contributed by atoms with van der Waals surface area (Å²) in [7, 11) is 0. The van der Waals surface area contributed by atoms with Crippen molar-refractivity contribution in [3.63, 3.8) is 0 Å². The number of aromatic nitrogens is 2. The van der Waals surface area contributed by atoms with E-state index >= 15 is 0 Å². The minimum absolute atomic E-state index is 0.473. The quantitative estimate of drug-likeness (QED) is 0.896. The molecule has 15 heavy (non-hydrogen) atoms. The van der Waals surface area contributed by atoms with Crippen LogP contribution in [0.5, 0.6) is 0 Å². The second-order valence-corrected chi connectivity index (χ2v) is 5.79. The van der Waals surface area contributed by atoms with E-state index in [1.165, 1.54) is 19.3 Å². The zero-order chi connectivity index (χ0) is 10.9. The number of hydrogen-bond acceptors (Lipinski definition) is 3. The molecule has 0 bridgehead atoms. The fraction of sp³-hybridized carbons (Fsp3) is 0.636. The van der Waals surface area contributed by atoms with Crippen LogP contribution >= 0.6 is 15.9 Å². The molecule has 1 saturated carbocycles.